The van der Waals surface area contributed by atoms with Crippen molar-refractivity contribution < 1.29 is 4.42 Å². The Labute approximate surface area is 77.7 Å². The van der Waals surface area contributed by atoms with Gasteiger partial charge < -0.3 is 15.5 Å². The first-order chi connectivity index (χ1) is 6.01. The van der Waals surface area contributed by atoms with Crippen molar-refractivity contribution in [1.82, 2.24) is 10.2 Å². The van der Waals surface area contributed by atoms with Crippen LogP contribution in [-0.2, 0) is 6.54 Å². The second-order valence-electron chi connectivity index (χ2n) is 4.12. The van der Waals surface area contributed by atoms with Gasteiger partial charge in [0.2, 0.25) is 5.89 Å². The summed E-state index contributed by atoms with van der Waals surface area (Å²) in [6.45, 7) is 7.45. The van der Waals surface area contributed by atoms with Crippen LogP contribution in [0.3, 0.4) is 0 Å². The van der Waals surface area contributed by atoms with Gasteiger partial charge in [0.05, 0.1) is 6.54 Å². The maximum Gasteiger partial charge on any atom is 0.315 e. The van der Waals surface area contributed by atoms with Crippen molar-refractivity contribution in [3.05, 3.63) is 5.89 Å². The fourth-order valence-corrected chi connectivity index (χ4v) is 0.748. The zero-order valence-corrected chi connectivity index (χ0v) is 8.29. The third kappa shape index (κ3) is 3.42. The average molecular weight is 184 g/mol. The molecule has 13 heavy (non-hydrogen) atoms. The number of nitrogens with one attached hydrogen (secondary N) is 1. The lowest BCUT2D eigenvalue weighted by molar-refractivity contribution is 0.430. The number of aromatic nitrogens is 2. The van der Waals surface area contributed by atoms with Crippen molar-refractivity contribution in [3.8, 4) is 0 Å². The summed E-state index contributed by atoms with van der Waals surface area (Å²) >= 11 is 0. The quantitative estimate of drug-likeness (QED) is 0.732. The lowest BCUT2D eigenvalue weighted by Gasteiger charge is -2.17. The van der Waals surface area contributed by atoms with E-state index in [2.05, 4.69) is 36.3 Å². The van der Waals surface area contributed by atoms with Crippen LogP contribution in [0.2, 0.25) is 0 Å². The van der Waals surface area contributed by atoms with Gasteiger partial charge in [-0.05, 0) is 5.41 Å². The molecular weight excluding hydrogens is 168 g/mol. The molecule has 0 amide bonds. The molecule has 0 unspecified atom stereocenters. The maximum absolute atomic E-state index is 5.32. The van der Waals surface area contributed by atoms with Crippen molar-refractivity contribution in [2.75, 3.05) is 11.9 Å². The zero-order valence-electron chi connectivity index (χ0n) is 8.29. The summed E-state index contributed by atoms with van der Waals surface area (Å²) in [5.41, 5.74) is 5.51. The first-order valence-corrected chi connectivity index (χ1v) is 4.27. The molecular formula is C8H16N4O. The van der Waals surface area contributed by atoms with Crippen LogP contribution >= 0.6 is 0 Å². The molecule has 0 atom stereocenters. The van der Waals surface area contributed by atoms with Gasteiger partial charge in [0, 0.05) is 6.54 Å². The molecule has 0 saturated heterocycles. The van der Waals surface area contributed by atoms with Crippen molar-refractivity contribution in [3.63, 3.8) is 0 Å². The monoisotopic (exact) mass is 184 g/mol. The van der Waals surface area contributed by atoms with Gasteiger partial charge in [-0.1, -0.05) is 25.9 Å². The van der Waals surface area contributed by atoms with Gasteiger partial charge in [0.25, 0.3) is 0 Å². The second kappa shape index (κ2) is 3.74. The Balaban J connectivity index is 2.46. The number of nitrogens with two attached hydrogens (primary N) is 1. The summed E-state index contributed by atoms with van der Waals surface area (Å²) in [6, 6.07) is 0.440. The largest absolute Gasteiger partial charge is 0.407 e. The number of rotatable bonds is 3. The van der Waals surface area contributed by atoms with Crippen molar-refractivity contribution in [2.24, 2.45) is 11.1 Å². The first kappa shape index (κ1) is 9.98. The Bertz CT molecular complexity index is 263. The highest BCUT2D eigenvalue weighted by Gasteiger charge is 2.11. The van der Waals surface area contributed by atoms with E-state index in [1.165, 1.54) is 0 Å². The molecule has 5 nitrogen and oxygen atoms in total. The van der Waals surface area contributed by atoms with E-state index in [1.807, 2.05) is 0 Å². The number of nitrogens with zero attached hydrogens (tertiary/aromatic N) is 2. The van der Waals surface area contributed by atoms with E-state index in [4.69, 9.17) is 10.2 Å². The Morgan fingerprint density at radius 2 is 2.08 bits per heavy atom. The van der Waals surface area contributed by atoms with E-state index in [0.29, 0.717) is 11.9 Å². The Morgan fingerprint density at radius 3 is 2.54 bits per heavy atom. The normalized spacial score (nSPS) is 11.7. The fraction of sp³-hybridized carbons (Fsp3) is 0.750. The minimum atomic E-state index is 0.192. The lowest BCUT2D eigenvalue weighted by atomic mass is 9.97. The first-order valence-electron chi connectivity index (χ1n) is 4.27. The summed E-state index contributed by atoms with van der Waals surface area (Å²) in [4.78, 5) is 0. The summed E-state index contributed by atoms with van der Waals surface area (Å²) in [6.07, 6.45) is 0. The van der Waals surface area contributed by atoms with Crippen LogP contribution in [0, 0.1) is 5.41 Å². The molecule has 0 aliphatic carbocycles. The Kier molecular flexibility index (Phi) is 2.87. The summed E-state index contributed by atoms with van der Waals surface area (Å²) in [5.74, 6) is 0.455. The van der Waals surface area contributed by atoms with E-state index in [9.17, 15) is 0 Å². The highest BCUT2D eigenvalue weighted by Crippen LogP contribution is 2.14. The van der Waals surface area contributed by atoms with Crippen LogP contribution in [0.5, 0.6) is 0 Å². The number of hydrogen-bond donors (Lipinski definition) is 2. The van der Waals surface area contributed by atoms with Gasteiger partial charge in [0.15, 0.2) is 0 Å². The van der Waals surface area contributed by atoms with E-state index in [0.717, 1.165) is 6.54 Å². The van der Waals surface area contributed by atoms with Crippen LogP contribution in [-0.4, -0.2) is 16.7 Å². The highest BCUT2D eigenvalue weighted by molar-refractivity contribution is 5.17. The predicted molar refractivity (Wildman–Crippen MR) is 50.1 cm³/mol. The summed E-state index contributed by atoms with van der Waals surface area (Å²) in [5, 5.41) is 10.6. The third-order valence-electron chi connectivity index (χ3n) is 1.41. The molecule has 1 aromatic heterocycles. The summed E-state index contributed by atoms with van der Waals surface area (Å²) < 4.78 is 5.17. The molecule has 5 heteroatoms. The highest BCUT2D eigenvalue weighted by atomic mass is 16.4. The van der Waals surface area contributed by atoms with Gasteiger partial charge in [-0.15, -0.1) is 5.10 Å². The number of hydrogen-bond acceptors (Lipinski definition) is 5. The smallest absolute Gasteiger partial charge is 0.315 e. The zero-order chi connectivity index (χ0) is 9.90. The van der Waals surface area contributed by atoms with Crippen molar-refractivity contribution >= 4 is 6.01 Å². The van der Waals surface area contributed by atoms with Gasteiger partial charge in [-0.25, -0.2) is 0 Å². The molecule has 0 radical (unpaired) electrons. The van der Waals surface area contributed by atoms with E-state index >= 15 is 0 Å². The van der Waals surface area contributed by atoms with Gasteiger partial charge in [0.1, 0.15) is 0 Å². The molecule has 0 bridgehead atoms. The van der Waals surface area contributed by atoms with Gasteiger partial charge in [-0.3, -0.25) is 0 Å². The molecule has 3 N–H and O–H groups in total. The summed E-state index contributed by atoms with van der Waals surface area (Å²) in [7, 11) is 0. The SMILES string of the molecule is CC(C)(C)CNc1nnc(CN)o1. The van der Waals surface area contributed by atoms with Crippen LogP contribution in [0.1, 0.15) is 26.7 Å². The van der Waals surface area contributed by atoms with Gasteiger partial charge in [-0.2, -0.15) is 0 Å². The molecule has 0 aliphatic heterocycles. The topological polar surface area (TPSA) is 77.0 Å². The minimum absolute atomic E-state index is 0.192. The predicted octanol–water partition coefficient (Wildman–Crippen LogP) is 0.986. The molecule has 0 fully saturated rings. The van der Waals surface area contributed by atoms with Crippen LogP contribution in [0.4, 0.5) is 6.01 Å². The van der Waals surface area contributed by atoms with Crippen LogP contribution in [0.25, 0.3) is 0 Å². The Hall–Kier alpha value is -1.10. The second-order valence-corrected chi connectivity index (χ2v) is 4.12. The van der Waals surface area contributed by atoms with Crippen LogP contribution in [0.15, 0.2) is 4.42 Å². The molecule has 1 heterocycles. The standard InChI is InChI=1S/C8H16N4O/c1-8(2,3)5-10-7-12-11-6(4-9)13-7/h4-5,9H2,1-3H3,(H,10,12). The molecule has 0 saturated carbocycles. The third-order valence-corrected chi connectivity index (χ3v) is 1.41. The van der Waals surface area contributed by atoms with E-state index in [1.54, 1.807) is 0 Å². The van der Waals surface area contributed by atoms with Crippen molar-refractivity contribution in [1.29, 1.82) is 0 Å². The number of anilines is 1. The molecule has 74 valence electrons. The molecule has 1 aromatic rings. The molecule has 0 aromatic carbocycles. The molecule has 1 rings (SSSR count). The maximum atomic E-state index is 5.32. The Morgan fingerprint density at radius 1 is 1.38 bits per heavy atom. The van der Waals surface area contributed by atoms with E-state index < -0.39 is 0 Å². The van der Waals surface area contributed by atoms with Crippen LogP contribution < -0.4 is 11.1 Å². The van der Waals surface area contributed by atoms with E-state index in [-0.39, 0.29) is 12.0 Å². The fourth-order valence-electron chi connectivity index (χ4n) is 0.748. The minimum Gasteiger partial charge on any atom is -0.407 e. The molecule has 0 aliphatic rings. The molecule has 0 spiro atoms. The average Bonchev–Trinajstić information content (AvgIpc) is 2.47. The lowest BCUT2D eigenvalue weighted by Crippen LogP contribution is -2.19. The van der Waals surface area contributed by atoms with Gasteiger partial charge >= 0.3 is 6.01 Å². The van der Waals surface area contributed by atoms with Crippen molar-refractivity contribution in [2.45, 2.75) is 27.3 Å².